The molecule has 0 aliphatic carbocycles. The van der Waals surface area contributed by atoms with Crippen molar-refractivity contribution < 1.29 is 9.53 Å². The van der Waals surface area contributed by atoms with Crippen LogP contribution in [-0.2, 0) is 4.74 Å². The maximum absolute atomic E-state index is 12.2. The van der Waals surface area contributed by atoms with E-state index in [-0.39, 0.29) is 0 Å². The second-order valence-corrected chi connectivity index (χ2v) is 5.64. The fourth-order valence-corrected chi connectivity index (χ4v) is 3.21. The van der Waals surface area contributed by atoms with Gasteiger partial charge >= 0.3 is 5.97 Å². The number of imidazole rings is 1. The largest absolute Gasteiger partial charge is 0.461 e. The van der Waals surface area contributed by atoms with Crippen molar-refractivity contribution in [3.63, 3.8) is 0 Å². The van der Waals surface area contributed by atoms with Gasteiger partial charge < -0.3 is 14.5 Å². The van der Waals surface area contributed by atoms with Gasteiger partial charge in [0.1, 0.15) is 11.3 Å². The van der Waals surface area contributed by atoms with Crippen molar-refractivity contribution in [3.8, 4) is 10.6 Å². The Morgan fingerprint density at radius 3 is 2.91 bits per heavy atom. The van der Waals surface area contributed by atoms with E-state index in [0.29, 0.717) is 17.4 Å². The Kier molecular flexibility index (Phi) is 3.81. The highest BCUT2D eigenvalue weighted by molar-refractivity contribution is 7.19. The van der Waals surface area contributed by atoms with Crippen LogP contribution >= 0.6 is 11.3 Å². The molecule has 3 heterocycles. The Labute approximate surface area is 131 Å². The molecule has 0 saturated heterocycles. The van der Waals surface area contributed by atoms with Crippen molar-refractivity contribution >= 4 is 28.1 Å². The van der Waals surface area contributed by atoms with Crippen LogP contribution in [0.5, 0.6) is 0 Å². The molecule has 22 heavy (non-hydrogen) atoms. The van der Waals surface area contributed by atoms with E-state index in [0.717, 1.165) is 21.9 Å². The molecular weight excluding hydrogens is 300 g/mol. The van der Waals surface area contributed by atoms with Gasteiger partial charge in [0.2, 0.25) is 0 Å². The van der Waals surface area contributed by atoms with Gasteiger partial charge in [0.25, 0.3) is 0 Å². The molecule has 3 rings (SSSR count). The van der Waals surface area contributed by atoms with Crippen molar-refractivity contribution in [1.82, 2.24) is 14.4 Å². The van der Waals surface area contributed by atoms with Crippen LogP contribution in [0.2, 0.25) is 0 Å². The van der Waals surface area contributed by atoms with Gasteiger partial charge in [-0.1, -0.05) is 17.4 Å². The maximum Gasteiger partial charge on any atom is 0.358 e. The van der Waals surface area contributed by atoms with Crippen molar-refractivity contribution in [1.29, 1.82) is 0 Å². The molecule has 0 aliphatic rings. The van der Waals surface area contributed by atoms with Crippen LogP contribution in [0, 0.1) is 6.92 Å². The number of pyridine rings is 1. The Morgan fingerprint density at radius 1 is 1.41 bits per heavy atom. The third-order valence-corrected chi connectivity index (χ3v) is 4.37. The second kappa shape index (κ2) is 5.76. The van der Waals surface area contributed by atoms with Crippen LogP contribution in [0.3, 0.4) is 0 Å². The molecule has 6 nitrogen and oxygen atoms in total. The molecule has 0 spiro atoms. The first kappa shape index (κ1) is 14.5. The zero-order valence-corrected chi connectivity index (χ0v) is 13.4. The molecule has 1 N–H and O–H groups in total. The number of esters is 1. The lowest BCUT2D eigenvalue weighted by atomic mass is 10.2. The predicted molar refractivity (Wildman–Crippen MR) is 86.5 cm³/mol. The number of ether oxygens (including phenoxy) is 1. The highest BCUT2D eigenvalue weighted by Gasteiger charge is 2.24. The smallest absolute Gasteiger partial charge is 0.358 e. The summed E-state index contributed by atoms with van der Waals surface area (Å²) < 4.78 is 7.09. The lowest BCUT2D eigenvalue weighted by Gasteiger charge is -2.01. The third-order valence-electron chi connectivity index (χ3n) is 3.29. The Morgan fingerprint density at radius 2 is 2.23 bits per heavy atom. The van der Waals surface area contributed by atoms with E-state index in [2.05, 4.69) is 15.3 Å². The number of nitrogens with one attached hydrogen (secondary N) is 1. The topological polar surface area (TPSA) is 68.5 Å². The minimum atomic E-state index is -0.424. The number of hydrogen-bond donors (Lipinski definition) is 1. The summed E-state index contributed by atoms with van der Waals surface area (Å²) >= 11 is 1.40. The molecule has 7 heteroatoms. The Balaban J connectivity index is 2.19. The van der Waals surface area contributed by atoms with Crippen molar-refractivity contribution in [2.45, 2.75) is 13.8 Å². The number of aromatic nitrogens is 3. The first-order chi connectivity index (χ1) is 10.7. The molecule has 0 aliphatic heterocycles. The van der Waals surface area contributed by atoms with Crippen molar-refractivity contribution in [2.24, 2.45) is 0 Å². The SMILES string of the molecule is CCOC(=O)c1nc(NC)sc1-c1nc2ccccn2c1C. The quantitative estimate of drug-likeness (QED) is 0.749. The summed E-state index contributed by atoms with van der Waals surface area (Å²) in [5.41, 5.74) is 2.87. The minimum absolute atomic E-state index is 0.308. The Hall–Kier alpha value is -2.41. The molecule has 3 aromatic heterocycles. The van der Waals surface area contributed by atoms with Gasteiger partial charge in [-0.3, -0.25) is 0 Å². The Bertz CT molecular complexity index is 837. The lowest BCUT2D eigenvalue weighted by molar-refractivity contribution is 0.0521. The summed E-state index contributed by atoms with van der Waals surface area (Å²) in [5, 5.41) is 3.63. The summed E-state index contributed by atoms with van der Waals surface area (Å²) in [6.45, 7) is 4.07. The molecule has 3 aromatic rings. The van der Waals surface area contributed by atoms with Gasteiger partial charge in [0, 0.05) is 18.9 Å². The standard InChI is InChI=1S/C15H16N4O2S/c1-4-21-14(20)12-13(22-15(16-3)18-12)11-9(2)19-8-6-5-7-10(19)17-11/h5-8H,4H2,1-3H3,(H,16,18). The first-order valence-corrected chi connectivity index (χ1v) is 7.77. The predicted octanol–water partition coefficient (Wildman–Crippen LogP) is 2.98. The van der Waals surface area contributed by atoms with Crippen LogP contribution in [0.4, 0.5) is 5.13 Å². The van der Waals surface area contributed by atoms with Gasteiger partial charge in [-0.2, -0.15) is 0 Å². The lowest BCUT2D eigenvalue weighted by Crippen LogP contribution is -2.07. The van der Waals surface area contributed by atoms with Crippen molar-refractivity contribution in [3.05, 3.63) is 35.8 Å². The monoisotopic (exact) mass is 316 g/mol. The van der Waals surface area contributed by atoms with E-state index in [1.807, 2.05) is 35.7 Å². The fraction of sp³-hybridized carbons (Fsp3) is 0.267. The van der Waals surface area contributed by atoms with E-state index in [1.165, 1.54) is 11.3 Å². The number of aryl methyl sites for hydroxylation is 1. The maximum atomic E-state index is 12.2. The molecular formula is C15H16N4O2S. The number of rotatable bonds is 4. The third kappa shape index (κ3) is 2.33. The average Bonchev–Trinajstić information content (AvgIpc) is 3.09. The van der Waals surface area contributed by atoms with E-state index < -0.39 is 5.97 Å². The van der Waals surface area contributed by atoms with Crippen LogP contribution < -0.4 is 5.32 Å². The van der Waals surface area contributed by atoms with Gasteiger partial charge in [0.15, 0.2) is 10.8 Å². The van der Waals surface area contributed by atoms with E-state index in [4.69, 9.17) is 4.74 Å². The van der Waals surface area contributed by atoms with E-state index in [9.17, 15) is 4.79 Å². The summed E-state index contributed by atoms with van der Waals surface area (Å²) in [5.74, 6) is -0.424. The van der Waals surface area contributed by atoms with Gasteiger partial charge in [0.05, 0.1) is 11.5 Å². The molecule has 0 amide bonds. The first-order valence-electron chi connectivity index (χ1n) is 6.95. The van der Waals surface area contributed by atoms with E-state index in [1.54, 1.807) is 14.0 Å². The van der Waals surface area contributed by atoms with Gasteiger partial charge in [-0.25, -0.2) is 14.8 Å². The molecule has 0 saturated carbocycles. The molecule has 0 unspecified atom stereocenters. The number of fused-ring (bicyclic) bond motifs is 1. The number of nitrogens with zero attached hydrogens (tertiary/aromatic N) is 3. The molecule has 0 fully saturated rings. The summed E-state index contributed by atoms with van der Waals surface area (Å²) in [4.78, 5) is 21.8. The van der Waals surface area contributed by atoms with Gasteiger partial charge in [-0.15, -0.1) is 0 Å². The molecule has 0 aromatic carbocycles. The molecule has 0 radical (unpaired) electrons. The summed E-state index contributed by atoms with van der Waals surface area (Å²) in [7, 11) is 1.77. The number of anilines is 1. The highest BCUT2D eigenvalue weighted by atomic mass is 32.1. The number of carbonyl (C=O) groups excluding carboxylic acids is 1. The molecule has 0 bridgehead atoms. The van der Waals surface area contributed by atoms with Crippen LogP contribution in [0.25, 0.3) is 16.2 Å². The zero-order valence-electron chi connectivity index (χ0n) is 12.6. The summed E-state index contributed by atoms with van der Waals surface area (Å²) in [6.07, 6.45) is 1.95. The van der Waals surface area contributed by atoms with Gasteiger partial charge in [-0.05, 0) is 26.0 Å². The van der Waals surface area contributed by atoms with E-state index >= 15 is 0 Å². The summed E-state index contributed by atoms with van der Waals surface area (Å²) in [6, 6.07) is 5.81. The number of carbonyl (C=O) groups is 1. The minimum Gasteiger partial charge on any atom is -0.461 e. The molecule has 114 valence electrons. The number of hydrogen-bond acceptors (Lipinski definition) is 6. The average molecular weight is 316 g/mol. The van der Waals surface area contributed by atoms with Crippen molar-refractivity contribution in [2.75, 3.05) is 19.0 Å². The van der Waals surface area contributed by atoms with Crippen LogP contribution in [0.15, 0.2) is 24.4 Å². The highest BCUT2D eigenvalue weighted by Crippen LogP contribution is 2.35. The van der Waals surface area contributed by atoms with Crippen LogP contribution in [0.1, 0.15) is 23.1 Å². The fourth-order valence-electron chi connectivity index (χ4n) is 2.26. The zero-order chi connectivity index (χ0) is 15.7. The normalized spacial score (nSPS) is 10.9. The second-order valence-electron chi connectivity index (χ2n) is 4.64. The van der Waals surface area contributed by atoms with Crippen LogP contribution in [-0.4, -0.2) is 34.0 Å². The number of thiazole rings is 1. The molecule has 0 atom stereocenters.